The molecule has 0 fully saturated rings. The number of benzene rings is 1. The van der Waals surface area contributed by atoms with Gasteiger partial charge in [0.25, 0.3) is 11.5 Å². The van der Waals surface area contributed by atoms with Crippen LogP contribution in [0.2, 0.25) is 0 Å². The number of nitrogens with zero attached hydrogens (tertiary/aromatic N) is 3. The second kappa shape index (κ2) is 6.55. The number of pyridine rings is 1. The molecule has 0 bridgehead atoms. The van der Waals surface area contributed by atoms with Crippen LogP contribution in [0.4, 0.5) is 0 Å². The zero-order valence-electron chi connectivity index (χ0n) is 13.4. The zero-order valence-corrected chi connectivity index (χ0v) is 13.4. The molecule has 2 aromatic heterocycles. The molecule has 5 nitrogen and oxygen atoms in total. The molecular weight excluding hydrogens is 302 g/mol. The monoisotopic (exact) mass is 320 g/mol. The lowest BCUT2D eigenvalue weighted by Gasteiger charge is -2.09. The van der Waals surface area contributed by atoms with Gasteiger partial charge in [0.2, 0.25) is 0 Å². The van der Waals surface area contributed by atoms with Crippen molar-refractivity contribution in [3.05, 3.63) is 64.6 Å². The number of hydrogen-bond acceptors (Lipinski definition) is 3. The minimum absolute atomic E-state index is 0.102. The highest BCUT2D eigenvalue weighted by Gasteiger charge is 2.24. The van der Waals surface area contributed by atoms with Crippen LogP contribution in [0.5, 0.6) is 5.88 Å². The standard InChI is InChI=1S/C19H17N3O2/c1-2-14-7-5-8-15(13-14)17-18(23)21-11-4-3-9-16(21)22(19(17)24)12-6-10-20/h3-5,7-9,11,13H,2,6,12H2,1H3/p+1. The Balaban J connectivity index is 2.35. The third-order valence-electron chi connectivity index (χ3n) is 4.10. The number of aryl methyl sites for hydroxylation is 2. The van der Waals surface area contributed by atoms with Crippen LogP contribution in [0.1, 0.15) is 18.9 Å². The van der Waals surface area contributed by atoms with E-state index in [1.165, 1.54) is 4.40 Å². The number of rotatable bonds is 4. The highest BCUT2D eigenvalue weighted by Crippen LogP contribution is 2.24. The largest absolute Gasteiger partial charge is 0.477 e. The molecule has 0 atom stereocenters. The SMILES string of the molecule is CCc1cccc(-c2c(O)[n+](CCC#N)c3ccccn3c2=O)c1. The molecule has 24 heavy (non-hydrogen) atoms. The van der Waals surface area contributed by atoms with Crippen molar-refractivity contribution in [3.63, 3.8) is 0 Å². The molecule has 0 unspecified atom stereocenters. The van der Waals surface area contributed by atoms with E-state index >= 15 is 0 Å². The van der Waals surface area contributed by atoms with Gasteiger partial charge in [-0.25, -0.2) is 4.79 Å². The Labute approximate surface area is 139 Å². The fourth-order valence-corrected chi connectivity index (χ4v) is 2.87. The molecule has 120 valence electrons. The van der Waals surface area contributed by atoms with Crippen LogP contribution < -0.4 is 10.1 Å². The summed E-state index contributed by atoms with van der Waals surface area (Å²) in [6.07, 6.45) is 2.76. The topological polar surface area (TPSA) is 69.4 Å². The van der Waals surface area contributed by atoms with Gasteiger partial charge < -0.3 is 5.11 Å². The van der Waals surface area contributed by atoms with Gasteiger partial charge in [0.05, 0.1) is 18.7 Å². The van der Waals surface area contributed by atoms with Gasteiger partial charge in [-0.3, -0.25) is 0 Å². The first kappa shape index (κ1) is 15.8. The second-order valence-electron chi connectivity index (χ2n) is 5.55. The highest BCUT2D eigenvalue weighted by molar-refractivity contribution is 5.67. The van der Waals surface area contributed by atoms with E-state index in [1.807, 2.05) is 31.2 Å². The van der Waals surface area contributed by atoms with Crippen molar-refractivity contribution in [2.45, 2.75) is 26.3 Å². The van der Waals surface area contributed by atoms with Crippen molar-refractivity contribution in [1.82, 2.24) is 4.40 Å². The molecular formula is C19H18N3O2+. The Morgan fingerprint density at radius 1 is 1.25 bits per heavy atom. The Bertz CT molecular complexity index is 1000. The summed E-state index contributed by atoms with van der Waals surface area (Å²) in [4.78, 5) is 12.9. The molecule has 0 saturated carbocycles. The van der Waals surface area contributed by atoms with Gasteiger partial charge >= 0.3 is 5.56 Å². The minimum Gasteiger partial charge on any atom is -0.477 e. The molecule has 0 aliphatic carbocycles. The van der Waals surface area contributed by atoms with Crippen LogP contribution in [-0.2, 0) is 13.0 Å². The number of nitriles is 1. The van der Waals surface area contributed by atoms with Crippen LogP contribution in [0.25, 0.3) is 16.8 Å². The van der Waals surface area contributed by atoms with Crippen LogP contribution >= 0.6 is 0 Å². The summed E-state index contributed by atoms with van der Waals surface area (Å²) in [5.74, 6) is -0.102. The van der Waals surface area contributed by atoms with E-state index in [1.54, 1.807) is 29.0 Å². The fraction of sp³-hybridized carbons (Fsp3) is 0.211. The number of aromatic nitrogens is 2. The summed E-state index contributed by atoms with van der Waals surface area (Å²) in [6.45, 7) is 2.36. The molecule has 0 amide bonds. The van der Waals surface area contributed by atoms with E-state index in [9.17, 15) is 9.90 Å². The number of fused-ring (bicyclic) bond motifs is 1. The maximum Gasteiger partial charge on any atom is 0.354 e. The van der Waals surface area contributed by atoms with Gasteiger partial charge in [0, 0.05) is 6.07 Å². The second-order valence-corrected chi connectivity index (χ2v) is 5.55. The average Bonchev–Trinajstić information content (AvgIpc) is 2.62. The molecule has 0 spiro atoms. The maximum atomic E-state index is 12.9. The first-order valence-corrected chi connectivity index (χ1v) is 7.89. The molecule has 1 aromatic carbocycles. The molecule has 0 radical (unpaired) electrons. The smallest absolute Gasteiger partial charge is 0.354 e. The molecule has 3 aromatic rings. The Morgan fingerprint density at radius 2 is 2.08 bits per heavy atom. The highest BCUT2D eigenvalue weighted by atomic mass is 16.3. The van der Waals surface area contributed by atoms with Gasteiger partial charge in [0.15, 0.2) is 5.56 Å². The van der Waals surface area contributed by atoms with Crippen molar-refractivity contribution in [2.24, 2.45) is 0 Å². The van der Waals surface area contributed by atoms with E-state index in [0.29, 0.717) is 17.8 Å². The van der Waals surface area contributed by atoms with Crippen LogP contribution in [0, 0.1) is 11.3 Å². The third kappa shape index (κ3) is 2.63. The van der Waals surface area contributed by atoms with Gasteiger partial charge in [-0.2, -0.15) is 14.2 Å². The van der Waals surface area contributed by atoms with E-state index in [4.69, 9.17) is 5.26 Å². The summed E-state index contributed by atoms with van der Waals surface area (Å²) in [5.41, 5.74) is 2.32. The molecule has 0 saturated heterocycles. The van der Waals surface area contributed by atoms with E-state index in [2.05, 4.69) is 6.07 Å². The van der Waals surface area contributed by atoms with Crippen molar-refractivity contribution >= 4 is 5.65 Å². The van der Waals surface area contributed by atoms with Gasteiger partial charge in [-0.1, -0.05) is 37.3 Å². The fourth-order valence-electron chi connectivity index (χ4n) is 2.87. The summed E-state index contributed by atoms with van der Waals surface area (Å²) in [5, 5.41) is 19.6. The number of hydrogen-bond donors (Lipinski definition) is 1. The normalized spacial score (nSPS) is 10.7. The van der Waals surface area contributed by atoms with Gasteiger partial charge in [0.1, 0.15) is 6.54 Å². The Morgan fingerprint density at radius 3 is 2.83 bits per heavy atom. The Hall–Kier alpha value is -3.13. The molecule has 3 rings (SSSR count). The van der Waals surface area contributed by atoms with Crippen molar-refractivity contribution in [3.8, 4) is 23.1 Å². The lowest BCUT2D eigenvalue weighted by atomic mass is 10.0. The maximum absolute atomic E-state index is 12.9. The molecule has 2 heterocycles. The van der Waals surface area contributed by atoms with Crippen LogP contribution in [0.3, 0.4) is 0 Å². The summed E-state index contributed by atoms with van der Waals surface area (Å²) in [6, 6.07) is 15.0. The molecule has 0 aliphatic heterocycles. The Kier molecular flexibility index (Phi) is 4.30. The summed E-state index contributed by atoms with van der Waals surface area (Å²) < 4.78 is 3.11. The lowest BCUT2D eigenvalue weighted by Crippen LogP contribution is -2.40. The van der Waals surface area contributed by atoms with Gasteiger partial charge in [-0.15, -0.1) is 0 Å². The third-order valence-corrected chi connectivity index (χ3v) is 4.10. The van der Waals surface area contributed by atoms with E-state index in [-0.39, 0.29) is 23.4 Å². The summed E-state index contributed by atoms with van der Waals surface area (Å²) >= 11 is 0. The van der Waals surface area contributed by atoms with Crippen molar-refractivity contribution < 1.29 is 9.67 Å². The predicted octanol–water partition coefficient (Wildman–Crippen LogP) is 2.44. The van der Waals surface area contributed by atoms with Crippen LogP contribution in [0.15, 0.2) is 53.5 Å². The quantitative estimate of drug-likeness (QED) is 0.751. The summed E-state index contributed by atoms with van der Waals surface area (Å²) in [7, 11) is 0. The minimum atomic E-state index is -0.274. The van der Waals surface area contributed by atoms with Crippen molar-refractivity contribution in [1.29, 1.82) is 5.26 Å². The molecule has 0 aliphatic rings. The van der Waals surface area contributed by atoms with Gasteiger partial charge in [-0.05, 0) is 23.6 Å². The first-order valence-electron chi connectivity index (χ1n) is 7.89. The first-order chi connectivity index (χ1) is 11.7. The lowest BCUT2D eigenvalue weighted by molar-refractivity contribution is -0.679. The zero-order chi connectivity index (χ0) is 17.1. The molecule has 5 heteroatoms. The van der Waals surface area contributed by atoms with Crippen LogP contribution in [-0.4, -0.2) is 9.51 Å². The molecule has 1 N–H and O–H groups in total. The van der Waals surface area contributed by atoms with E-state index < -0.39 is 0 Å². The average molecular weight is 320 g/mol. The predicted molar refractivity (Wildman–Crippen MR) is 90.6 cm³/mol. The van der Waals surface area contributed by atoms with E-state index in [0.717, 1.165) is 12.0 Å². The van der Waals surface area contributed by atoms with Crippen molar-refractivity contribution in [2.75, 3.05) is 0 Å². The number of aromatic hydroxyl groups is 1.